The minimum Gasteiger partial charge on any atom is -0.508 e. The van der Waals surface area contributed by atoms with E-state index in [1.807, 2.05) is 0 Å². The molecule has 1 aromatic heterocycles. The molecule has 0 aliphatic heterocycles. The van der Waals surface area contributed by atoms with Crippen molar-refractivity contribution in [1.29, 1.82) is 0 Å². The first kappa shape index (κ1) is 12.5. The van der Waals surface area contributed by atoms with Crippen LogP contribution in [0.2, 0.25) is 0 Å². The fourth-order valence-corrected chi connectivity index (χ4v) is 2.24. The van der Waals surface area contributed by atoms with Gasteiger partial charge in [0.05, 0.1) is 19.1 Å². The molecule has 3 rings (SSSR count). The van der Waals surface area contributed by atoms with Crippen LogP contribution in [0.1, 0.15) is 5.56 Å². The highest BCUT2D eigenvalue weighted by Gasteiger charge is 2.14. The van der Waals surface area contributed by atoms with Crippen molar-refractivity contribution in [2.45, 2.75) is 6.61 Å². The molecule has 20 heavy (non-hydrogen) atoms. The summed E-state index contributed by atoms with van der Waals surface area (Å²) >= 11 is 0. The van der Waals surface area contributed by atoms with Crippen molar-refractivity contribution in [2.75, 3.05) is 7.11 Å². The lowest BCUT2D eigenvalue weighted by molar-refractivity contribution is 0.281. The monoisotopic (exact) mass is 272 g/mol. The molecule has 0 fully saturated rings. The minimum absolute atomic E-state index is 0.00454. The first-order chi connectivity index (χ1) is 9.63. The molecular weight excluding hydrogens is 260 g/mol. The molecule has 0 radical (unpaired) electrons. The average Bonchev–Trinajstić information content (AvgIpc) is 2.47. The van der Waals surface area contributed by atoms with Crippen molar-refractivity contribution in [3.05, 3.63) is 46.1 Å². The highest BCUT2D eigenvalue weighted by molar-refractivity contribution is 5.94. The Morgan fingerprint density at radius 3 is 2.70 bits per heavy atom. The van der Waals surface area contributed by atoms with E-state index in [0.717, 1.165) is 0 Å². The summed E-state index contributed by atoms with van der Waals surface area (Å²) in [5, 5.41) is 19.3. The molecule has 3 aromatic rings. The number of benzene rings is 2. The predicted octanol–water partition coefficient (Wildman–Crippen LogP) is 2.15. The molecule has 0 atom stereocenters. The number of hydrogen-bond donors (Lipinski definition) is 2. The first-order valence-corrected chi connectivity index (χ1v) is 6.01. The maximum absolute atomic E-state index is 12.5. The van der Waals surface area contributed by atoms with Crippen LogP contribution < -0.4 is 10.2 Å². The van der Waals surface area contributed by atoms with Crippen LogP contribution in [0.5, 0.6) is 11.5 Å². The van der Waals surface area contributed by atoms with E-state index in [4.69, 9.17) is 9.15 Å². The van der Waals surface area contributed by atoms with E-state index in [-0.39, 0.29) is 23.2 Å². The van der Waals surface area contributed by atoms with Gasteiger partial charge in [0.1, 0.15) is 28.1 Å². The SMILES string of the molecule is COc1cc(CO)cc2oc3ccc(O)cc3c(=O)c12. The molecule has 0 saturated carbocycles. The Labute approximate surface area is 113 Å². The van der Waals surface area contributed by atoms with Gasteiger partial charge in [-0.15, -0.1) is 0 Å². The number of methoxy groups -OCH3 is 1. The molecule has 0 aliphatic rings. The van der Waals surface area contributed by atoms with E-state index in [9.17, 15) is 15.0 Å². The van der Waals surface area contributed by atoms with E-state index in [1.165, 1.54) is 25.3 Å². The van der Waals surface area contributed by atoms with E-state index in [2.05, 4.69) is 0 Å². The maximum Gasteiger partial charge on any atom is 0.204 e. The van der Waals surface area contributed by atoms with Crippen molar-refractivity contribution >= 4 is 21.9 Å². The van der Waals surface area contributed by atoms with Gasteiger partial charge in [0.25, 0.3) is 0 Å². The number of rotatable bonds is 2. The minimum atomic E-state index is -0.279. The zero-order valence-electron chi connectivity index (χ0n) is 10.7. The quantitative estimate of drug-likeness (QED) is 0.699. The molecule has 5 heteroatoms. The largest absolute Gasteiger partial charge is 0.508 e. The third-order valence-electron chi connectivity index (χ3n) is 3.18. The van der Waals surface area contributed by atoms with Gasteiger partial charge in [-0.1, -0.05) is 0 Å². The van der Waals surface area contributed by atoms with E-state index >= 15 is 0 Å². The molecule has 2 N–H and O–H groups in total. The summed E-state index contributed by atoms with van der Waals surface area (Å²) in [5.41, 5.74) is 1.03. The molecular formula is C15H12O5. The number of phenols is 1. The standard InChI is InChI=1S/C15H12O5/c1-19-12-4-8(7-16)5-13-14(12)15(18)10-6-9(17)2-3-11(10)20-13/h2-6,16-17H,7H2,1H3. The van der Waals surface area contributed by atoms with Crippen molar-refractivity contribution < 1.29 is 19.4 Å². The van der Waals surface area contributed by atoms with Crippen LogP contribution in [0, 0.1) is 0 Å². The Kier molecular flexibility index (Phi) is 2.84. The summed E-state index contributed by atoms with van der Waals surface area (Å²) in [4.78, 5) is 12.5. The fourth-order valence-electron chi connectivity index (χ4n) is 2.24. The molecule has 0 bridgehead atoms. The Hall–Kier alpha value is -2.53. The van der Waals surface area contributed by atoms with Crippen molar-refractivity contribution in [3.63, 3.8) is 0 Å². The van der Waals surface area contributed by atoms with Gasteiger partial charge in [0.2, 0.25) is 5.43 Å². The average molecular weight is 272 g/mol. The summed E-state index contributed by atoms with van der Waals surface area (Å²) in [7, 11) is 1.45. The number of aliphatic hydroxyl groups is 1. The van der Waals surface area contributed by atoms with Crippen LogP contribution in [0.25, 0.3) is 21.9 Å². The molecule has 0 amide bonds. The molecule has 2 aromatic carbocycles. The molecule has 5 nitrogen and oxygen atoms in total. The van der Waals surface area contributed by atoms with Gasteiger partial charge < -0.3 is 19.4 Å². The topological polar surface area (TPSA) is 79.9 Å². The number of hydrogen-bond acceptors (Lipinski definition) is 5. The Morgan fingerprint density at radius 2 is 2.00 bits per heavy atom. The summed E-state index contributed by atoms with van der Waals surface area (Å²) in [5.74, 6) is 0.334. The lowest BCUT2D eigenvalue weighted by atomic mass is 10.1. The van der Waals surface area contributed by atoms with Crippen molar-refractivity contribution in [2.24, 2.45) is 0 Å². The Morgan fingerprint density at radius 1 is 1.20 bits per heavy atom. The van der Waals surface area contributed by atoms with Gasteiger partial charge in [-0.3, -0.25) is 4.79 Å². The number of fused-ring (bicyclic) bond motifs is 2. The normalized spacial score (nSPS) is 11.1. The van der Waals surface area contributed by atoms with Crippen LogP contribution in [0.4, 0.5) is 0 Å². The second kappa shape index (κ2) is 4.54. The highest BCUT2D eigenvalue weighted by atomic mass is 16.5. The lowest BCUT2D eigenvalue weighted by Gasteiger charge is -2.08. The molecule has 0 aliphatic carbocycles. The third-order valence-corrected chi connectivity index (χ3v) is 3.18. The number of ether oxygens (including phenoxy) is 1. The summed E-state index contributed by atoms with van der Waals surface area (Å²) < 4.78 is 10.9. The van der Waals surface area contributed by atoms with E-state index in [1.54, 1.807) is 12.1 Å². The van der Waals surface area contributed by atoms with Crippen LogP contribution in [-0.4, -0.2) is 17.3 Å². The van der Waals surface area contributed by atoms with Crippen molar-refractivity contribution in [1.82, 2.24) is 0 Å². The van der Waals surface area contributed by atoms with Crippen LogP contribution in [0.15, 0.2) is 39.5 Å². The van der Waals surface area contributed by atoms with Crippen LogP contribution in [-0.2, 0) is 6.61 Å². The van der Waals surface area contributed by atoms with Gasteiger partial charge in [-0.05, 0) is 35.9 Å². The number of aromatic hydroxyl groups is 1. The van der Waals surface area contributed by atoms with Gasteiger partial charge in [-0.2, -0.15) is 0 Å². The molecule has 0 spiro atoms. The van der Waals surface area contributed by atoms with Crippen LogP contribution in [0.3, 0.4) is 0 Å². The zero-order chi connectivity index (χ0) is 14.3. The van der Waals surface area contributed by atoms with Gasteiger partial charge >= 0.3 is 0 Å². The fraction of sp³-hybridized carbons (Fsp3) is 0.133. The van der Waals surface area contributed by atoms with E-state index in [0.29, 0.717) is 27.9 Å². The smallest absolute Gasteiger partial charge is 0.204 e. The molecule has 0 saturated heterocycles. The second-order valence-corrected chi connectivity index (χ2v) is 4.44. The lowest BCUT2D eigenvalue weighted by Crippen LogP contribution is -2.04. The summed E-state index contributed by atoms with van der Waals surface area (Å²) in [6.45, 7) is -0.177. The van der Waals surface area contributed by atoms with Gasteiger partial charge in [-0.25, -0.2) is 0 Å². The Balaban J connectivity index is 2.52. The second-order valence-electron chi connectivity index (χ2n) is 4.44. The summed E-state index contributed by atoms with van der Waals surface area (Å²) in [6.07, 6.45) is 0. The van der Waals surface area contributed by atoms with Gasteiger partial charge in [0, 0.05) is 0 Å². The van der Waals surface area contributed by atoms with E-state index < -0.39 is 0 Å². The predicted molar refractivity (Wildman–Crippen MR) is 74.1 cm³/mol. The van der Waals surface area contributed by atoms with Gasteiger partial charge in [0.15, 0.2) is 0 Å². The van der Waals surface area contributed by atoms with Crippen molar-refractivity contribution in [3.8, 4) is 11.5 Å². The van der Waals surface area contributed by atoms with Crippen LogP contribution >= 0.6 is 0 Å². The molecule has 1 heterocycles. The highest BCUT2D eigenvalue weighted by Crippen LogP contribution is 2.29. The summed E-state index contributed by atoms with van der Waals surface area (Å²) in [6, 6.07) is 7.53. The molecule has 102 valence electrons. The number of phenolic OH excluding ortho intramolecular Hbond substituents is 1. The number of aliphatic hydroxyl groups excluding tert-OH is 1. The first-order valence-electron chi connectivity index (χ1n) is 6.01. The zero-order valence-corrected chi connectivity index (χ0v) is 10.7. The third kappa shape index (κ3) is 1.80. The maximum atomic E-state index is 12.5. The Bertz CT molecular complexity index is 863. The molecule has 0 unspecified atom stereocenters.